The number of esters is 1. The SMILES string of the molecule is CC(C)(OC(=O)CC(=O)O)C1CC2C=CC1CC2. The lowest BCUT2D eigenvalue weighted by molar-refractivity contribution is -0.168. The average molecular weight is 252 g/mol. The van der Waals surface area contributed by atoms with Gasteiger partial charge >= 0.3 is 11.9 Å². The van der Waals surface area contributed by atoms with Crippen molar-refractivity contribution in [3.05, 3.63) is 12.2 Å². The molecule has 0 aliphatic heterocycles. The fourth-order valence-corrected chi connectivity index (χ4v) is 3.26. The van der Waals surface area contributed by atoms with Crippen LogP contribution >= 0.6 is 0 Å². The molecule has 2 bridgehead atoms. The molecule has 4 heteroatoms. The highest BCUT2D eigenvalue weighted by Gasteiger charge is 2.43. The first-order valence-electron chi connectivity index (χ1n) is 6.50. The molecule has 3 aliphatic carbocycles. The molecule has 0 saturated heterocycles. The minimum Gasteiger partial charge on any atom is -0.481 e. The summed E-state index contributed by atoms with van der Waals surface area (Å²) in [6, 6.07) is 0. The van der Waals surface area contributed by atoms with Crippen molar-refractivity contribution >= 4 is 11.9 Å². The maximum Gasteiger partial charge on any atom is 0.317 e. The van der Waals surface area contributed by atoms with Gasteiger partial charge in [-0.2, -0.15) is 0 Å². The number of rotatable bonds is 4. The molecule has 1 fully saturated rings. The lowest BCUT2D eigenvalue weighted by Gasteiger charge is -2.45. The van der Waals surface area contributed by atoms with E-state index in [-0.39, 0.29) is 0 Å². The number of ether oxygens (including phenoxy) is 1. The van der Waals surface area contributed by atoms with E-state index in [2.05, 4.69) is 12.2 Å². The maximum atomic E-state index is 11.5. The fourth-order valence-electron chi connectivity index (χ4n) is 3.26. The zero-order chi connectivity index (χ0) is 13.3. The van der Waals surface area contributed by atoms with Crippen LogP contribution in [-0.4, -0.2) is 22.6 Å². The zero-order valence-electron chi connectivity index (χ0n) is 10.9. The van der Waals surface area contributed by atoms with E-state index in [0.717, 1.165) is 12.8 Å². The molecule has 0 heterocycles. The second-order valence-corrected chi connectivity index (χ2v) is 5.88. The number of hydrogen-bond acceptors (Lipinski definition) is 3. The largest absolute Gasteiger partial charge is 0.481 e. The van der Waals surface area contributed by atoms with Crippen LogP contribution < -0.4 is 0 Å². The maximum absolute atomic E-state index is 11.5. The summed E-state index contributed by atoms with van der Waals surface area (Å²) in [5.41, 5.74) is -0.583. The predicted octanol–water partition coefficient (Wildman–Crippen LogP) is 2.39. The van der Waals surface area contributed by atoms with Gasteiger partial charge in [0.15, 0.2) is 0 Å². The number of allylic oxidation sites excluding steroid dienone is 2. The highest BCUT2D eigenvalue weighted by Crippen LogP contribution is 2.46. The van der Waals surface area contributed by atoms with Gasteiger partial charge < -0.3 is 9.84 Å². The molecule has 0 aromatic carbocycles. The van der Waals surface area contributed by atoms with E-state index >= 15 is 0 Å². The third kappa shape index (κ3) is 2.74. The van der Waals surface area contributed by atoms with Crippen LogP contribution in [0.15, 0.2) is 12.2 Å². The lowest BCUT2D eigenvalue weighted by Crippen LogP contribution is -2.45. The quantitative estimate of drug-likeness (QED) is 0.474. The minimum atomic E-state index is -1.14. The molecule has 3 atom stereocenters. The van der Waals surface area contributed by atoms with Gasteiger partial charge in [-0.3, -0.25) is 9.59 Å². The van der Waals surface area contributed by atoms with Gasteiger partial charge in [0.05, 0.1) is 0 Å². The zero-order valence-corrected chi connectivity index (χ0v) is 10.9. The highest BCUT2D eigenvalue weighted by molar-refractivity contribution is 5.90. The van der Waals surface area contributed by atoms with Crippen LogP contribution in [0.5, 0.6) is 0 Å². The first-order valence-corrected chi connectivity index (χ1v) is 6.50. The molecular formula is C14H20O4. The normalized spacial score (nSPS) is 30.2. The van der Waals surface area contributed by atoms with Gasteiger partial charge in [-0.25, -0.2) is 0 Å². The highest BCUT2D eigenvalue weighted by atomic mass is 16.6. The van der Waals surface area contributed by atoms with Gasteiger partial charge in [0.2, 0.25) is 0 Å². The lowest BCUT2D eigenvalue weighted by atomic mass is 9.64. The van der Waals surface area contributed by atoms with Crippen molar-refractivity contribution in [3.63, 3.8) is 0 Å². The number of hydrogen-bond donors (Lipinski definition) is 1. The van der Waals surface area contributed by atoms with Crippen LogP contribution in [0.1, 0.15) is 39.5 Å². The molecule has 100 valence electrons. The summed E-state index contributed by atoms with van der Waals surface area (Å²) in [7, 11) is 0. The minimum absolute atomic E-state index is 0.305. The second-order valence-electron chi connectivity index (χ2n) is 5.88. The van der Waals surface area contributed by atoms with Crippen LogP contribution in [0, 0.1) is 17.8 Å². The van der Waals surface area contributed by atoms with Crippen LogP contribution in [0.25, 0.3) is 0 Å². The molecule has 0 spiro atoms. The Balaban J connectivity index is 2.00. The molecule has 18 heavy (non-hydrogen) atoms. The first-order chi connectivity index (χ1) is 8.38. The Morgan fingerprint density at radius 1 is 1.33 bits per heavy atom. The summed E-state index contributed by atoms with van der Waals surface area (Å²) in [6.45, 7) is 3.79. The number of fused-ring (bicyclic) bond motifs is 2. The van der Waals surface area contributed by atoms with Crippen molar-refractivity contribution in [1.29, 1.82) is 0 Å². The van der Waals surface area contributed by atoms with Crippen molar-refractivity contribution in [2.24, 2.45) is 17.8 Å². The third-order valence-corrected chi connectivity index (χ3v) is 4.14. The standard InChI is InChI=1S/C14H20O4/c1-14(2,18-13(17)8-12(15)16)11-7-9-3-5-10(11)6-4-9/h3,5,9-11H,4,6-8H2,1-2H3,(H,15,16). The third-order valence-electron chi connectivity index (χ3n) is 4.14. The molecule has 0 radical (unpaired) electrons. The molecule has 0 aromatic heterocycles. The smallest absolute Gasteiger partial charge is 0.317 e. The van der Waals surface area contributed by atoms with Gasteiger partial charge in [-0.05, 0) is 44.9 Å². The Morgan fingerprint density at radius 3 is 2.50 bits per heavy atom. The molecule has 1 N–H and O–H groups in total. The van der Waals surface area contributed by atoms with E-state index in [9.17, 15) is 9.59 Å². The number of carboxylic acids is 1. The monoisotopic (exact) mass is 252 g/mol. The molecule has 3 rings (SSSR count). The van der Waals surface area contributed by atoms with Crippen LogP contribution in [-0.2, 0) is 14.3 Å². The fraction of sp³-hybridized carbons (Fsp3) is 0.714. The molecule has 1 saturated carbocycles. The Morgan fingerprint density at radius 2 is 2.06 bits per heavy atom. The van der Waals surface area contributed by atoms with E-state index in [1.165, 1.54) is 6.42 Å². The van der Waals surface area contributed by atoms with Crippen molar-refractivity contribution < 1.29 is 19.4 Å². The molecule has 0 aromatic rings. The summed E-state index contributed by atoms with van der Waals surface area (Å²) >= 11 is 0. The molecule has 3 aliphatic rings. The first kappa shape index (κ1) is 13.1. The van der Waals surface area contributed by atoms with Crippen LogP contribution in [0.2, 0.25) is 0 Å². The van der Waals surface area contributed by atoms with Gasteiger partial charge in [0.1, 0.15) is 12.0 Å². The van der Waals surface area contributed by atoms with E-state index in [4.69, 9.17) is 9.84 Å². The Bertz CT molecular complexity index is 383. The Kier molecular flexibility index (Phi) is 3.46. The number of carbonyl (C=O) groups is 2. The van der Waals surface area contributed by atoms with Gasteiger partial charge in [0.25, 0.3) is 0 Å². The number of aliphatic carboxylic acids is 1. The van der Waals surface area contributed by atoms with Crippen LogP contribution in [0.4, 0.5) is 0 Å². The summed E-state index contributed by atoms with van der Waals surface area (Å²) in [5, 5.41) is 8.58. The second kappa shape index (κ2) is 4.75. The predicted molar refractivity (Wildman–Crippen MR) is 65.9 cm³/mol. The molecular weight excluding hydrogens is 232 g/mol. The van der Waals surface area contributed by atoms with Gasteiger partial charge in [0, 0.05) is 5.92 Å². The van der Waals surface area contributed by atoms with Gasteiger partial charge in [-0.1, -0.05) is 12.2 Å². The summed E-state index contributed by atoms with van der Waals surface area (Å²) in [6.07, 6.45) is 7.34. The van der Waals surface area contributed by atoms with E-state index in [1.54, 1.807) is 0 Å². The molecule has 4 nitrogen and oxygen atoms in total. The van der Waals surface area contributed by atoms with E-state index in [0.29, 0.717) is 17.8 Å². The van der Waals surface area contributed by atoms with E-state index < -0.39 is 24.0 Å². The Labute approximate surface area is 107 Å². The summed E-state index contributed by atoms with van der Waals surface area (Å²) in [5.74, 6) is -0.419. The average Bonchev–Trinajstić information content (AvgIpc) is 2.28. The number of carbonyl (C=O) groups excluding carboxylic acids is 1. The Hall–Kier alpha value is -1.32. The van der Waals surface area contributed by atoms with Crippen molar-refractivity contribution in [2.75, 3.05) is 0 Å². The van der Waals surface area contributed by atoms with Crippen molar-refractivity contribution in [2.45, 2.75) is 45.1 Å². The summed E-state index contributed by atoms with van der Waals surface area (Å²) < 4.78 is 5.39. The topological polar surface area (TPSA) is 63.6 Å². The van der Waals surface area contributed by atoms with Gasteiger partial charge in [-0.15, -0.1) is 0 Å². The van der Waals surface area contributed by atoms with Crippen molar-refractivity contribution in [1.82, 2.24) is 0 Å². The number of carboxylic acid groups (broad SMARTS) is 1. The molecule has 3 unspecified atom stereocenters. The van der Waals surface area contributed by atoms with E-state index in [1.807, 2.05) is 13.8 Å². The van der Waals surface area contributed by atoms with Crippen LogP contribution in [0.3, 0.4) is 0 Å². The summed E-state index contributed by atoms with van der Waals surface area (Å²) in [4.78, 5) is 22.0. The van der Waals surface area contributed by atoms with Crippen molar-refractivity contribution in [3.8, 4) is 0 Å². The molecule has 0 amide bonds.